The minimum Gasteiger partial charge on any atom is -1.00 e. The average molecular weight is 492 g/mol. The standard InChI is InChI=1S/C22H26N3O5.BrH/c1-29-18-11-12-20(30-2)19(14-18)23-15-22(26,24-13-5-3-4-6-21(23)24)16-7-9-17(10-8-16)25(27)28;/h7-12,14,26H,3-6,13,15H2,1-2H3;1H/q+1;/p-1. The number of β-amino-alcohol motifs (C(OH)–C–C–N with tert-alkyl or cyclic N) is 1. The second-order valence-electron chi connectivity index (χ2n) is 7.62. The molecular weight excluding hydrogens is 466 g/mol. The number of anilines is 1. The fourth-order valence-corrected chi connectivity index (χ4v) is 4.40. The van der Waals surface area contributed by atoms with Gasteiger partial charge in [0.15, 0.2) is 18.0 Å². The van der Waals surface area contributed by atoms with Crippen molar-refractivity contribution in [2.24, 2.45) is 0 Å². The van der Waals surface area contributed by atoms with Gasteiger partial charge in [0.25, 0.3) is 17.2 Å². The van der Waals surface area contributed by atoms with E-state index in [1.165, 1.54) is 12.1 Å². The second kappa shape index (κ2) is 9.23. The third-order valence-electron chi connectivity index (χ3n) is 5.95. The van der Waals surface area contributed by atoms with E-state index in [4.69, 9.17) is 9.47 Å². The molecule has 0 radical (unpaired) electrons. The molecule has 0 bridgehead atoms. The lowest BCUT2D eigenvalue weighted by atomic mass is 10.0. The fourth-order valence-electron chi connectivity index (χ4n) is 4.40. The highest BCUT2D eigenvalue weighted by Gasteiger charge is 2.52. The molecule has 0 fully saturated rings. The largest absolute Gasteiger partial charge is 1.00 e. The van der Waals surface area contributed by atoms with Gasteiger partial charge in [-0.05, 0) is 43.5 Å². The number of non-ortho nitro benzene ring substituents is 1. The van der Waals surface area contributed by atoms with Crippen molar-refractivity contribution in [2.45, 2.75) is 31.4 Å². The minimum absolute atomic E-state index is 0. The van der Waals surface area contributed by atoms with Gasteiger partial charge in [-0.2, -0.15) is 0 Å². The van der Waals surface area contributed by atoms with Gasteiger partial charge in [0.05, 0.1) is 25.7 Å². The first kappa shape index (κ1) is 23.0. The van der Waals surface area contributed by atoms with E-state index in [0.717, 1.165) is 37.2 Å². The Bertz CT molecular complexity index is 995. The summed E-state index contributed by atoms with van der Waals surface area (Å²) < 4.78 is 13.1. The molecular formula is C22H26BrN3O5. The maximum Gasteiger partial charge on any atom is 0.271 e. The van der Waals surface area contributed by atoms with E-state index in [1.807, 2.05) is 22.8 Å². The highest BCUT2D eigenvalue weighted by atomic mass is 79.9. The Morgan fingerprint density at radius 1 is 1.10 bits per heavy atom. The van der Waals surface area contributed by atoms with Gasteiger partial charge in [0.1, 0.15) is 5.75 Å². The molecule has 2 aromatic carbocycles. The van der Waals surface area contributed by atoms with Gasteiger partial charge in [-0.25, -0.2) is 9.48 Å². The number of hydrogen-bond donors (Lipinski definition) is 1. The zero-order chi connectivity index (χ0) is 21.3. The van der Waals surface area contributed by atoms with Crippen molar-refractivity contribution in [1.82, 2.24) is 0 Å². The molecule has 2 heterocycles. The van der Waals surface area contributed by atoms with E-state index in [0.29, 0.717) is 30.2 Å². The zero-order valence-corrected chi connectivity index (χ0v) is 19.2. The lowest BCUT2D eigenvalue weighted by Gasteiger charge is -2.23. The SMILES string of the molecule is COc1ccc(OC)c(N2CC(O)(c3ccc([N+](=O)[O-])cc3)[N+]3=C2CCCCC3)c1.[Br-]. The Morgan fingerprint density at radius 3 is 2.48 bits per heavy atom. The number of nitrogens with zero attached hydrogens (tertiary/aromatic N) is 3. The molecule has 8 nitrogen and oxygen atoms in total. The van der Waals surface area contributed by atoms with Crippen LogP contribution in [0.25, 0.3) is 0 Å². The van der Waals surface area contributed by atoms with Gasteiger partial charge in [-0.15, -0.1) is 0 Å². The molecule has 1 atom stereocenters. The van der Waals surface area contributed by atoms with Crippen LogP contribution in [0.15, 0.2) is 42.5 Å². The molecule has 31 heavy (non-hydrogen) atoms. The Balaban J connectivity index is 0.00000272. The molecule has 0 spiro atoms. The number of ether oxygens (including phenoxy) is 2. The number of aliphatic hydroxyl groups is 1. The third-order valence-corrected chi connectivity index (χ3v) is 5.95. The highest BCUT2D eigenvalue weighted by Crippen LogP contribution is 2.40. The normalized spacial score (nSPS) is 20.5. The van der Waals surface area contributed by atoms with Crippen LogP contribution < -0.4 is 31.4 Å². The lowest BCUT2D eigenvalue weighted by Crippen LogP contribution is -3.00. The van der Waals surface area contributed by atoms with Crippen molar-refractivity contribution in [2.75, 3.05) is 32.2 Å². The summed E-state index contributed by atoms with van der Waals surface area (Å²) in [4.78, 5) is 12.7. The number of methoxy groups -OCH3 is 2. The highest BCUT2D eigenvalue weighted by molar-refractivity contribution is 5.97. The van der Waals surface area contributed by atoms with Crippen LogP contribution in [-0.2, 0) is 5.72 Å². The predicted molar refractivity (Wildman–Crippen MR) is 112 cm³/mol. The van der Waals surface area contributed by atoms with Gasteiger partial charge < -0.3 is 31.6 Å². The number of hydrogen-bond acceptors (Lipinski definition) is 6. The summed E-state index contributed by atoms with van der Waals surface area (Å²) in [7, 11) is 3.24. The van der Waals surface area contributed by atoms with E-state index in [-0.39, 0.29) is 22.7 Å². The van der Waals surface area contributed by atoms with Crippen LogP contribution in [0.4, 0.5) is 11.4 Å². The van der Waals surface area contributed by atoms with E-state index in [9.17, 15) is 15.2 Å². The molecule has 1 N–H and O–H groups in total. The molecule has 166 valence electrons. The van der Waals surface area contributed by atoms with Crippen molar-refractivity contribution >= 4 is 17.2 Å². The minimum atomic E-state index is -1.29. The maximum atomic E-state index is 11.9. The van der Waals surface area contributed by atoms with Crippen molar-refractivity contribution in [3.63, 3.8) is 0 Å². The quantitative estimate of drug-likeness (QED) is 0.366. The smallest absolute Gasteiger partial charge is 0.271 e. The van der Waals surface area contributed by atoms with Crippen LogP contribution in [0.5, 0.6) is 11.5 Å². The topological polar surface area (TPSA) is 88.1 Å². The third kappa shape index (κ3) is 4.12. The summed E-state index contributed by atoms with van der Waals surface area (Å²) >= 11 is 0. The molecule has 0 saturated heterocycles. The maximum absolute atomic E-state index is 11.9. The van der Waals surface area contributed by atoms with Crippen LogP contribution in [-0.4, -0.2) is 47.8 Å². The van der Waals surface area contributed by atoms with Crippen LogP contribution in [0.3, 0.4) is 0 Å². The summed E-state index contributed by atoms with van der Waals surface area (Å²) in [5, 5.41) is 22.9. The van der Waals surface area contributed by atoms with E-state index < -0.39 is 10.6 Å². The Morgan fingerprint density at radius 2 is 1.84 bits per heavy atom. The van der Waals surface area contributed by atoms with E-state index in [1.54, 1.807) is 26.4 Å². The number of nitro benzene ring substituents is 1. The molecule has 0 aliphatic carbocycles. The number of benzene rings is 2. The van der Waals surface area contributed by atoms with E-state index >= 15 is 0 Å². The molecule has 0 amide bonds. The second-order valence-corrected chi connectivity index (χ2v) is 7.62. The summed E-state index contributed by atoms with van der Waals surface area (Å²) in [6.45, 7) is 1.01. The molecule has 2 aliphatic heterocycles. The van der Waals surface area contributed by atoms with Crippen molar-refractivity contribution in [3.05, 3.63) is 58.1 Å². The first-order chi connectivity index (χ1) is 14.5. The molecule has 1 unspecified atom stereocenters. The van der Waals surface area contributed by atoms with Crippen LogP contribution in [0.2, 0.25) is 0 Å². The van der Waals surface area contributed by atoms with Gasteiger partial charge >= 0.3 is 0 Å². The molecule has 2 aromatic rings. The van der Waals surface area contributed by atoms with Crippen molar-refractivity contribution in [3.8, 4) is 11.5 Å². The number of rotatable bonds is 5. The van der Waals surface area contributed by atoms with Gasteiger partial charge in [0, 0.05) is 30.2 Å². The Hall–Kier alpha value is -2.65. The van der Waals surface area contributed by atoms with Crippen molar-refractivity contribution < 1.29 is 41.1 Å². The Kier molecular flexibility index (Phi) is 6.86. The monoisotopic (exact) mass is 491 g/mol. The molecule has 2 aliphatic rings. The summed E-state index contributed by atoms with van der Waals surface area (Å²) in [5.41, 5.74) is 0.184. The molecule has 0 aromatic heterocycles. The van der Waals surface area contributed by atoms with Crippen molar-refractivity contribution in [1.29, 1.82) is 0 Å². The zero-order valence-electron chi connectivity index (χ0n) is 17.6. The van der Waals surface area contributed by atoms with Gasteiger partial charge in [0.2, 0.25) is 0 Å². The predicted octanol–water partition coefficient (Wildman–Crippen LogP) is 0.266. The van der Waals surface area contributed by atoms with Crippen LogP contribution >= 0.6 is 0 Å². The van der Waals surface area contributed by atoms with Gasteiger partial charge in [-0.1, -0.05) is 0 Å². The molecule has 9 heteroatoms. The first-order valence-electron chi connectivity index (χ1n) is 10.1. The van der Waals surface area contributed by atoms with Crippen LogP contribution in [0, 0.1) is 10.1 Å². The number of amidine groups is 1. The molecule has 4 rings (SSSR count). The van der Waals surface area contributed by atoms with Crippen LogP contribution in [0.1, 0.15) is 31.2 Å². The average Bonchev–Trinajstić information content (AvgIpc) is 2.91. The van der Waals surface area contributed by atoms with E-state index in [2.05, 4.69) is 4.90 Å². The Labute approximate surface area is 191 Å². The lowest BCUT2D eigenvalue weighted by molar-refractivity contribution is -0.658. The summed E-state index contributed by atoms with van der Waals surface area (Å²) in [6, 6.07) is 11.8. The van der Waals surface area contributed by atoms with Gasteiger partial charge in [-0.3, -0.25) is 10.1 Å². The summed E-state index contributed by atoms with van der Waals surface area (Å²) in [6.07, 6.45) is 3.92. The number of nitro groups is 1. The fraction of sp³-hybridized carbons (Fsp3) is 0.409. The summed E-state index contributed by atoms with van der Waals surface area (Å²) in [5.74, 6) is 2.43. The number of halogens is 1. The first-order valence-corrected chi connectivity index (χ1v) is 10.1. The molecule has 0 saturated carbocycles.